The van der Waals surface area contributed by atoms with Crippen LogP contribution in [0.15, 0.2) is 21.8 Å². The predicted octanol–water partition coefficient (Wildman–Crippen LogP) is 4.14. The van der Waals surface area contributed by atoms with E-state index in [1.54, 1.807) is 6.07 Å². The van der Waals surface area contributed by atoms with Crippen LogP contribution in [-0.2, 0) is 11.3 Å². The number of ether oxygens (including phenoxy) is 3. The molecule has 4 heterocycles. The minimum atomic E-state index is -0.833. The maximum Gasteiger partial charge on any atom is 0.254 e. The molecule has 200 valence electrons. The van der Waals surface area contributed by atoms with Crippen molar-refractivity contribution in [2.75, 3.05) is 39.1 Å². The Hall–Kier alpha value is -2.20. The van der Waals surface area contributed by atoms with E-state index in [1.807, 2.05) is 33.1 Å². The Bertz CT molecular complexity index is 1260. The molecule has 3 aliphatic rings. The number of halogens is 1. The predicted molar refractivity (Wildman–Crippen MR) is 144 cm³/mol. The van der Waals surface area contributed by atoms with Gasteiger partial charge in [-0.25, -0.2) is 0 Å². The summed E-state index contributed by atoms with van der Waals surface area (Å²) in [6.45, 7) is 10.6. The number of amides is 1. The molecule has 10 heteroatoms. The van der Waals surface area contributed by atoms with Gasteiger partial charge in [0.15, 0.2) is 11.5 Å². The second-order valence-electron chi connectivity index (χ2n) is 10.4. The number of pyridine rings is 1. The van der Waals surface area contributed by atoms with Gasteiger partial charge in [-0.2, -0.15) is 0 Å². The molecule has 1 aromatic heterocycles. The van der Waals surface area contributed by atoms with Gasteiger partial charge in [0.05, 0.1) is 18.2 Å². The lowest BCUT2D eigenvalue weighted by Gasteiger charge is -2.40. The standard InChI is InChI=1S/C27H34ClN3O5S/c1-15-9-22(37-4)20(26(33)30-15)11-29-25(32)19-10-21(28)24-23(16(19)2)35-27(3,36-24)18-5-7-31(8-6-18)12-17-13-34-14-17/h9-10,17-18H,5-8,11-14H2,1-4H3,(H,29,32)(H,30,33)/t27-/m1/s1. The van der Waals surface area contributed by atoms with E-state index in [1.165, 1.54) is 11.8 Å². The maximum absolute atomic E-state index is 13.2. The molecule has 2 aromatic rings. The smallest absolute Gasteiger partial charge is 0.254 e. The van der Waals surface area contributed by atoms with Crippen LogP contribution >= 0.6 is 23.4 Å². The van der Waals surface area contributed by atoms with Crippen molar-refractivity contribution in [3.63, 3.8) is 0 Å². The van der Waals surface area contributed by atoms with E-state index < -0.39 is 5.79 Å². The highest BCUT2D eigenvalue weighted by atomic mass is 35.5. The summed E-state index contributed by atoms with van der Waals surface area (Å²) in [6, 6.07) is 3.53. The van der Waals surface area contributed by atoms with Crippen molar-refractivity contribution >= 4 is 29.3 Å². The number of aromatic nitrogens is 1. The first-order valence-corrected chi connectivity index (χ1v) is 14.3. The number of nitrogens with one attached hydrogen (secondary N) is 2. The van der Waals surface area contributed by atoms with Gasteiger partial charge in [-0.05, 0) is 58.2 Å². The molecule has 0 radical (unpaired) electrons. The number of hydrogen-bond donors (Lipinski definition) is 2. The van der Waals surface area contributed by atoms with Crippen molar-refractivity contribution in [3.05, 3.63) is 49.9 Å². The Morgan fingerprint density at radius 2 is 1.92 bits per heavy atom. The van der Waals surface area contributed by atoms with E-state index >= 15 is 0 Å². The zero-order valence-electron chi connectivity index (χ0n) is 21.7. The Morgan fingerprint density at radius 1 is 1.22 bits per heavy atom. The minimum absolute atomic E-state index is 0.111. The van der Waals surface area contributed by atoms with Crippen LogP contribution in [0.25, 0.3) is 0 Å². The van der Waals surface area contributed by atoms with Crippen molar-refractivity contribution in [1.29, 1.82) is 0 Å². The second kappa shape index (κ2) is 10.5. The molecule has 0 aliphatic carbocycles. The Labute approximate surface area is 226 Å². The summed E-state index contributed by atoms with van der Waals surface area (Å²) in [5.74, 6) is 0.719. The molecule has 0 bridgehead atoms. The molecular weight excluding hydrogens is 514 g/mol. The van der Waals surface area contributed by atoms with Crippen LogP contribution in [0.1, 0.15) is 46.9 Å². The number of benzene rings is 1. The summed E-state index contributed by atoms with van der Waals surface area (Å²) in [6.07, 6.45) is 3.83. The molecule has 0 saturated carbocycles. The Kier molecular flexibility index (Phi) is 7.51. The highest BCUT2D eigenvalue weighted by Gasteiger charge is 2.47. The van der Waals surface area contributed by atoms with E-state index in [9.17, 15) is 9.59 Å². The topological polar surface area (TPSA) is 92.9 Å². The van der Waals surface area contributed by atoms with Crippen LogP contribution in [0, 0.1) is 25.7 Å². The molecule has 5 rings (SSSR count). The van der Waals surface area contributed by atoms with Crippen LogP contribution in [-0.4, -0.2) is 60.7 Å². The number of hydrogen-bond acceptors (Lipinski definition) is 7. The third-order valence-corrected chi connectivity index (χ3v) is 8.81. The van der Waals surface area contributed by atoms with Crippen molar-refractivity contribution in [1.82, 2.24) is 15.2 Å². The molecule has 2 fully saturated rings. The zero-order valence-corrected chi connectivity index (χ0v) is 23.3. The lowest BCUT2D eigenvalue weighted by atomic mass is 9.88. The lowest BCUT2D eigenvalue weighted by molar-refractivity contribution is -0.128. The first-order chi connectivity index (χ1) is 17.7. The zero-order chi connectivity index (χ0) is 26.3. The van der Waals surface area contributed by atoms with Crippen LogP contribution in [0.2, 0.25) is 5.02 Å². The summed E-state index contributed by atoms with van der Waals surface area (Å²) in [4.78, 5) is 31.8. The summed E-state index contributed by atoms with van der Waals surface area (Å²) >= 11 is 8.08. The Balaban J connectivity index is 1.28. The van der Waals surface area contributed by atoms with Gasteiger partial charge < -0.3 is 29.4 Å². The van der Waals surface area contributed by atoms with Crippen molar-refractivity contribution in [2.45, 2.75) is 50.8 Å². The van der Waals surface area contributed by atoms with Gasteiger partial charge in [0, 0.05) is 59.1 Å². The van der Waals surface area contributed by atoms with Gasteiger partial charge in [-0.15, -0.1) is 11.8 Å². The van der Waals surface area contributed by atoms with Gasteiger partial charge in [-0.3, -0.25) is 9.59 Å². The molecule has 1 amide bonds. The average Bonchev–Trinajstić information content (AvgIpc) is 3.22. The number of fused-ring (bicyclic) bond motifs is 1. The molecule has 3 aliphatic heterocycles. The Morgan fingerprint density at radius 3 is 2.57 bits per heavy atom. The molecule has 0 unspecified atom stereocenters. The highest BCUT2D eigenvalue weighted by molar-refractivity contribution is 7.98. The van der Waals surface area contributed by atoms with Gasteiger partial charge >= 0.3 is 0 Å². The molecule has 2 N–H and O–H groups in total. The fraction of sp³-hybridized carbons (Fsp3) is 0.556. The number of aryl methyl sites for hydroxylation is 1. The number of H-pyrrole nitrogens is 1. The fourth-order valence-corrected chi connectivity index (χ4v) is 6.38. The number of likely N-dealkylation sites (tertiary alicyclic amines) is 1. The summed E-state index contributed by atoms with van der Waals surface area (Å²) in [7, 11) is 0. The molecule has 0 spiro atoms. The third-order valence-electron chi connectivity index (χ3n) is 7.72. The van der Waals surface area contributed by atoms with Gasteiger partial charge in [0.2, 0.25) is 0 Å². The fourth-order valence-electron chi connectivity index (χ4n) is 5.44. The lowest BCUT2D eigenvalue weighted by Crippen LogP contribution is -2.50. The molecule has 37 heavy (non-hydrogen) atoms. The van der Waals surface area contributed by atoms with E-state index in [0.29, 0.717) is 39.1 Å². The second-order valence-corrected chi connectivity index (χ2v) is 11.7. The SMILES string of the molecule is CSc1cc(C)[nH]c(=O)c1CNC(=O)c1cc(Cl)c2c(c1C)O[C@@](C)(C1CCN(CC3COC3)CC1)O2. The van der Waals surface area contributed by atoms with E-state index in [0.717, 1.165) is 56.3 Å². The number of rotatable bonds is 7. The summed E-state index contributed by atoms with van der Waals surface area (Å²) in [5, 5.41) is 3.22. The van der Waals surface area contributed by atoms with Gasteiger partial charge in [0.25, 0.3) is 17.3 Å². The largest absolute Gasteiger partial charge is 0.448 e. The maximum atomic E-state index is 13.2. The molecular formula is C27H34ClN3O5S. The number of thioether (sulfide) groups is 1. The normalized spacial score (nSPS) is 22.2. The number of nitrogens with zero attached hydrogens (tertiary/aromatic N) is 1. The van der Waals surface area contributed by atoms with Crippen LogP contribution in [0.4, 0.5) is 0 Å². The van der Waals surface area contributed by atoms with Crippen LogP contribution < -0.4 is 20.3 Å². The van der Waals surface area contributed by atoms with Crippen LogP contribution in [0.5, 0.6) is 11.5 Å². The van der Waals surface area contributed by atoms with Gasteiger partial charge in [-0.1, -0.05) is 11.6 Å². The van der Waals surface area contributed by atoms with Crippen LogP contribution in [0.3, 0.4) is 0 Å². The monoisotopic (exact) mass is 547 g/mol. The van der Waals surface area contributed by atoms with Crippen molar-refractivity contribution in [2.24, 2.45) is 11.8 Å². The number of carbonyl (C=O) groups is 1. The average molecular weight is 548 g/mol. The quantitative estimate of drug-likeness (QED) is 0.503. The number of piperidine rings is 1. The summed E-state index contributed by atoms with van der Waals surface area (Å²) < 4.78 is 18.1. The van der Waals surface area contributed by atoms with E-state index in [-0.39, 0.29) is 23.9 Å². The van der Waals surface area contributed by atoms with Gasteiger partial charge in [0.1, 0.15) is 0 Å². The number of aromatic amines is 1. The first-order valence-electron chi connectivity index (χ1n) is 12.7. The molecule has 1 atom stereocenters. The molecule has 2 saturated heterocycles. The highest BCUT2D eigenvalue weighted by Crippen LogP contribution is 2.51. The van der Waals surface area contributed by atoms with E-state index in [2.05, 4.69) is 15.2 Å². The van der Waals surface area contributed by atoms with E-state index in [4.69, 9.17) is 25.8 Å². The van der Waals surface area contributed by atoms with Crippen molar-refractivity contribution in [3.8, 4) is 11.5 Å². The summed E-state index contributed by atoms with van der Waals surface area (Å²) in [5.41, 5.74) is 2.19. The first kappa shape index (κ1) is 26.4. The molecule has 1 aromatic carbocycles. The number of carbonyl (C=O) groups excluding carboxylic acids is 1. The minimum Gasteiger partial charge on any atom is -0.448 e. The molecule has 8 nitrogen and oxygen atoms in total. The third kappa shape index (κ3) is 5.24. The van der Waals surface area contributed by atoms with Crippen molar-refractivity contribution < 1.29 is 19.0 Å².